The molecule has 0 radical (unpaired) electrons. The number of nitrogens with zero attached hydrogens (tertiary/aromatic N) is 1. The van der Waals surface area contributed by atoms with E-state index in [9.17, 15) is 17.2 Å². The predicted molar refractivity (Wildman–Crippen MR) is 69.0 cm³/mol. The van der Waals surface area contributed by atoms with E-state index in [1.807, 2.05) is 0 Å². The Morgan fingerprint density at radius 2 is 1.95 bits per heavy atom. The van der Waals surface area contributed by atoms with Gasteiger partial charge in [-0.1, -0.05) is 6.07 Å². The molecule has 0 aliphatic carbocycles. The third-order valence-corrected chi connectivity index (χ3v) is 3.92. The molecule has 1 aromatic carbocycles. The van der Waals surface area contributed by atoms with Crippen molar-refractivity contribution in [3.05, 3.63) is 53.7 Å². The number of nitrogens with two attached hydrogens (primary N) is 1. The van der Waals surface area contributed by atoms with Crippen LogP contribution >= 0.6 is 0 Å². The minimum atomic E-state index is -3.83. The molecule has 0 bridgehead atoms. The molecule has 106 valence electrons. The quantitative estimate of drug-likeness (QED) is 0.894. The predicted octanol–water partition coefficient (Wildman–Crippen LogP) is 1.42. The summed E-state index contributed by atoms with van der Waals surface area (Å²) in [6.07, 6.45) is 1.10. The first kappa shape index (κ1) is 14.4. The van der Waals surface area contributed by atoms with Crippen molar-refractivity contribution in [1.82, 2.24) is 9.71 Å². The third-order valence-electron chi connectivity index (χ3n) is 2.54. The van der Waals surface area contributed by atoms with Crippen LogP contribution in [0, 0.1) is 11.6 Å². The van der Waals surface area contributed by atoms with E-state index in [2.05, 4.69) is 9.71 Å². The highest BCUT2D eigenvalue weighted by Crippen LogP contribution is 2.12. The van der Waals surface area contributed by atoms with Crippen molar-refractivity contribution in [3.8, 4) is 0 Å². The first-order chi connectivity index (χ1) is 9.38. The maximum Gasteiger partial charge on any atom is 0.242 e. The maximum absolute atomic E-state index is 13.4. The second kappa shape index (κ2) is 5.51. The Morgan fingerprint density at radius 1 is 1.20 bits per heavy atom. The Morgan fingerprint density at radius 3 is 2.55 bits per heavy atom. The van der Waals surface area contributed by atoms with Crippen LogP contribution in [0.1, 0.15) is 5.56 Å². The first-order valence-corrected chi connectivity index (χ1v) is 7.02. The van der Waals surface area contributed by atoms with Gasteiger partial charge in [-0.15, -0.1) is 0 Å². The summed E-state index contributed by atoms with van der Waals surface area (Å²) in [5.74, 6) is -1.35. The largest absolute Gasteiger partial charge is 0.384 e. The number of nitrogens with one attached hydrogen (secondary N) is 1. The first-order valence-electron chi connectivity index (χ1n) is 5.53. The number of hydrogen-bond acceptors (Lipinski definition) is 4. The van der Waals surface area contributed by atoms with Gasteiger partial charge in [0.15, 0.2) is 0 Å². The van der Waals surface area contributed by atoms with Crippen molar-refractivity contribution in [2.45, 2.75) is 11.4 Å². The Balaban J connectivity index is 2.15. The molecule has 0 spiro atoms. The summed E-state index contributed by atoms with van der Waals surface area (Å²) in [4.78, 5) is 3.58. The normalized spacial score (nSPS) is 11.5. The number of rotatable bonds is 4. The molecule has 3 N–H and O–H groups in total. The number of nitrogen functional groups attached to an aromatic ring is 1. The number of benzene rings is 1. The van der Waals surface area contributed by atoms with Gasteiger partial charge >= 0.3 is 0 Å². The van der Waals surface area contributed by atoms with E-state index >= 15 is 0 Å². The Kier molecular flexibility index (Phi) is 3.96. The van der Waals surface area contributed by atoms with Crippen LogP contribution < -0.4 is 10.5 Å². The smallest absolute Gasteiger partial charge is 0.242 e. The van der Waals surface area contributed by atoms with E-state index in [4.69, 9.17) is 5.73 Å². The van der Waals surface area contributed by atoms with Crippen molar-refractivity contribution in [3.63, 3.8) is 0 Å². The summed E-state index contributed by atoms with van der Waals surface area (Å²) in [5.41, 5.74) is 5.40. The van der Waals surface area contributed by atoms with Gasteiger partial charge in [0.05, 0.1) is 0 Å². The van der Waals surface area contributed by atoms with Crippen molar-refractivity contribution in [2.24, 2.45) is 0 Å². The molecule has 0 aliphatic rings. The Hall–Kier alpha value is -2.06. The number of sulfonamides is 1. The van der Waals surface area contributed by atoms with Gasteiger partial charge in [-0.2, -0.15) is 0 Å². The Bertz CT molecular complexity index is 718. The van der Waals surface area contributed by atoms with Gasteiger partial charge in [0, 0.05) is 24.4 Å². The van der Waals surface area contributed by atoms with Gasteiger partial charge in [-0.3, -0.25) is 0 Å². The van der Waals surface area contributed by atoms with Crippen LogP contribution in [0.25, 0.3) is 0 Å². The standard InChI is InChI=1S/C12H11F2N3O2S/c13-9-2-1-8(11(14)5-9)6-17-20(18,19)10-3-4-12(15)16-7-10/h1-5,7,17H,6H2,(H2,15,16). The highest BCUT2D eigenvalue weighted by atomic mass is 32.2. The molecular weight excluding hydrogens is 288 g/mol. The van der Waals surface area contributed by atoms with E-state index in [-0.39, 0.29) is 22.8 Å². The zero-order chi connectivity index (χ0) is 14.8. The highest BCUT2D eigenvalue weighted by Gasteiger charge is 2.15. The third kappa shape index (κ3) is 3.28. The van der Waals surface area contributed by atoms with Crippen LogP contribution in [0.5, 0.6) is 0 Å². The highest BCUT2D eigenvalue weighted by molar-refractivity contribution is 7.89. The van der Waals surface area contributed by atoms with Crippen LogP contribution in [0.15, 0.2) is 41.4 Å². The average Bonchev–Trinajstić information content (AvgIpc) is 2.38. The molecule has 0 fully saturated rings. The zero-order valence-corrected chi connectivity index (χ0v) is 11.0. The second-order valence-electron chi connectivity index (χ2n) is 3.98. The van der Waals surface area contributed by atoms with Crippen LogP contribution in [0.2, 0.25) is 0 Å². The van der Waals surface area contributed by atoms with E-state index < -0.39 is 21.7 Å². The molecule has 5 nitrogen and oxygen atoms in total. The molecule has 20 heavy (non-hydrogen) atoms. The fourth-order valence-electron chi connectivity index (χ4n) is 1.47. The van der Waals surface area contributed by atoms with Crippen molar-refractivity contribution >= 4 is 15.8 Å². The molecule has 0 unspecified atom stereocenters. The average molecular weight is 299 g/mol. The summed E-state index contributed by atoms with van der Waals surface area (Å²) in [7, 11) is -3.83. The maximum atomic E-state index is 13.4. The fraction of sp³-hybridized carbons (Fsp3) is 0.0833. The summed E-state index contributed by atoms with van der Waals surface area (Å²) in [5, 5.41) is 0. The fourth-order valence-corrected chi connectivity index (χ4v) is 2.42. The molecule has 8 heteroatoms. The van der Waals surface area contributed by atoms with Crippen molar-refractivity contribution in [2.75, 3.05) is 5.73 Å². The molecule has 0 atom stereocenters. The molecule has 2 aromatic rings. The molecule has 1 heterocycles. The van der Waals surface area contributed by atoms with Gasteiger partial charge in [0.2, 0.25) is 10.0 Å². The number of halogens is 2. The summed E-state index contributed by atoms with van der Waals surface area (Å²) in [6.45, 7) is -0.293. The van der Waals surface area contributed by atoms with Crippen LogP contribution in [0.4, 0.5) is 14.6 Å². The molecule has 0 amide bonds. The SMILES string of the molecule is Nc1ccc(S(=O)(=O)NCc2ccc(F)cc2F)cn1. The number of anilines is 1. The number of pyridine rings is 1. The lowest BCUT2D eigenvalue weighted by molar-refractivity contribution is 0.562. The lowest BCUT2D eigenvalue weighted by Crippen LogP contribution is -2.24. The lowest BCUT2D eigenvalue weighted by atomic mass is 10.2. The minimum Gasteiger partial charge on any atom is -0.384 e. The lowest BCUT2D eigenvalue weighted by Gasteiger charge is -2.07. The van der Waals surface area contributed by atoms with Gasteiger partial charge in [0.25, 0.3) is 0 Å². The van der Waals surface area contributed by atoms with Gasteiger partial charge < -0.3 is 5.73 Å². The molecule has 1 aromatic heterocycles. The van der Waals surface area contributed by atoms with Gasteiger partial charge in [0.1, 0.15) is 22.3 Å². The van der Waals surface area contributed by atoms with Crippen LogP contribution in [-0.2, 0) is 16.6 Å². The van der Waals surface area contributed by atoms with Gasteiger partial charge in [-0.05, 0) is 18.2 Å². The van der Waals surface area contributed by atoms with E-state index in [1.54, 1.807) is 0 Å². The van der Waals surface area contributed by atoms with E-state index in [1.165, 1.54) is 18.2 Å². The zero-order valence-electron chi connectivity index (χ0n) is 10.2. The molecular formula is C12H11F2N3O2S. The molecule has 0 saturated heterocycles. The van der Waals surface area contributed by atoms with Crippen molar-refractivity contribution < 1.29 is 17.2 Å². The summed E-state index contributed by atoms with van der Waals surface area (Å²) < 4.78 is 52.1. The minimum absolute atomic E-state index is 0.0402. The topological polar surface area (TPSA) is 85.1 Å². The summed E-state index contributed by atoms with van der Waals surface area (Å²) in [6, 6.07) is 5.54. The number of hydrogen-bond donors (Lipinski definition) is 2. The second-order valence-corrected chi connectivity index (χ2v) is 5.75. The summed E-state index contributed by atoms with van der Waals surface area (Å²) >= 11 is 0. The van der Waals surface area contributed by atoms with Crippen LogP contribution in [-0.4, -0.2) is 13.4 Å². The number of aromatic nitrogens is 1. The van der Waals surface area contributed by atoms with E-state index in [0.717, 1.165) is 12.3 Å². The monoisotopic (exact) mass is 299 g/mol. The van der Waals surface area contributed by atoms with E-state index in [0.29, 0.717) is 6.07 Å². The Labute approximate surface area is 114 Å². The van der Waals surface area contributed by atoms with Crippen molar-refractivity contribution in [1.29, 1.82) is 0 Å². The van der Waals surface area contributed by atoms with Crippen LogP contribution in [0.3, 0.4) is 0 Å². The molecule has 0 aliphatic heterocycles. The molecule has 0 saturated carbocycles. The molecule has 2 rings (SSSR count). The van der Waals surface area contributed by atoms with Gasteiger partial charge in [-0.25, -0.2) is 26.9 Å².